The quantitative estimate of drug-likeness (QED) is 0.686. The number of aryl methyl sites for hydroxylation is 1. The van der Waals surface area contributed by atoms with E-state index in [2.05, 4.69) is 0 Å². The third-order valence-electron chi connectivity index (χ3n) is 2.81. The molecule has 2 N–H and O–H groups in total. The van der Waals surface area contributed by atoms with E-state index in [4.69, 9.17) is 10.5 Å². The summed E-state index contributed by atoms with van der Waals surface area (Å²) < 4.78 is 19.2. The van der Waals surface area contributed by atoms with Gasteiger partial charge < -0.3 is 10.5 Å². The topological polar surface area (TPSA) is 78.4 Å². The lowest BCUT2D eigenvalue weighted by molar-refractivity contribution is -0.385. The van der Waals surface area contributed by atoms with Gasteiger partial charge in [-0.1, -0.05) is 12.1 Å². The van der Waals surface area contributed by atoms with Crippen molar-refractivity contribution in [2.75, 3.05) is 0 Å². The predicted molar refractivity (Wildman–Crippen MR) is 72.2 cm³/mol. The Hall–Kier alpha value is -2.47. The zero-order valence-corrected chi connectivity index (χ0v) is 10.8. The molecular weight excluding hydrogens is 263 g/mol. The normalized spacial score (nSPS) is 10.3. The van der Waals surface area contributed by atoms with Crippen LogP contribution in [0.25, 0.3) is 0 Å². The summed E-state index contributed by atoms with van der Waals surface area (Å²) in [5.41, 5.74) is 6.43. The molecule has 0 aromatic heterocycles. The van der Waals surface area contributed by atoms with E-state index >= 15 is 0 Å². The van der Waals surface area contributed by atoms with Crippen LogP contribution in [0.4, 0.5) is 10.1 Å². The molecule has 0 unspecified atom stereocenters. The van der Waals surface area contributed by atoms with Crippen LogP contribution in [0.15, 0.2) is 36.4 Å². The minimum atomic E-state index is -0.777. The Kier molecular flexibility index (Phi) is 3.95. The second kappa shape index (κ2) is 5.66. The zero-order valence-electron chi connectivity index (χ0n) is 10.8. The number of nitrogens with two attached hydrogens (primary N) is 1. The SMILES string of the molecule is Cc1cc(Oc2cccc(CN)c2)c(F)cc1[N+](=O)[O-]. The Morgan fingerprint density at radius 2 is 2.10 bits per heavy atom. The first-order valence-corrected chi connectivity index (χ1v) is 5.92. The molecule has 0 fully saturated rings. The highest BCUT2D eigenvalue weighted by atomic mass is 19.1. The monoisotopic (exact) mass is 276 g/mol. The molecule has 0 aliphatic rings. The lowest BCUT2D eigenvalue weighted by atomic mass is 10.2. The molecule has 0 bridgehead atoms. The fourth-order valence-electron chi connectivity index (χ4n) is 1.78. The largest absolute Gasteiger partial charge is 0.454 e. The summed E-state index contributed by atoms with van der Waals surface area (Å²) >= 11 is 0. The first-order chi connectivity index (χ1) is 9.51. The predicted octanol–water partition coefficient (Wildman–Crippen LogP) is 3.29. The van der Waals surface area contributed by atoms with Crippen molar-refractivity contribution in [2.24, 2.45) is 5.73 Å². The molecule has 2 aromatic rings. The summed E-state index contributed by atoms with van der Waals surface area (Å²) in [6, 6.07) is 9.09. The van der Waals surface area contributed by atoms with Gasteiger partial charge in [0.2, 0.25) is 0 Å². The average molecular weight is 276 g/mol. The number of nitro groups is 1. The molecule has 2 aromatic carbocycles. The van der Waals surface area contributed by atoms with Gasteiger partial charge in [-0.25, -0.2) is 4.39 Å². The van der Waals surface area contributed by atoms with E-state index in [1.807, 2.05) is 6.07 Å². The van der Waals surface area contributed by atoms with E-state index in [9.17, 15) is 14.5 Å². The van der Waals surface area contributed by atoms with Gasteiger partial charge in [0.05, 0.1) is 11.0 Å². The highest BCUT2D eigenvalue weighted by Crippen LogP contribution is 2.30. The van der Waals surface area contributed by atoms with E-state index in [0.29, 0.717) is 17.9 Å². The minimum absolute atomic E-state index is 0.0535. The van der Waals surface area contributed by atoms with Gasteiger partial charge in [0.15, 0.2) is 11.6 Å². The molecule has 0 aliphatic carbocycles. The smallest absolute Gasteiger partial charge is 0.275 e. The summed E-state index contributed by atoms with van der Waals surface area (Å²) in [5, 5.41) is 10.7. The highest BCUT2D eigenvalue weighted by Gasteiger charge is 2.16. The fourth-order valence-corrected chi connectivity index (χ4v) is 1.78. The van der Waals surface area contributed by atoms with Gasteiger partial charge in [-0.3, -0.25) is 10.1 Å². The van der Waals surface area contributed by atoms with Crippen LogP contribution in [-0.4, -0.2) is 4.92 Å². The first-order valence-electron chi connectivity index (χ1n) is 5.92. The van der Waals surface area contributed by atoms with Crippen LogP contribution < -0.4 is 10.5 Å². The molecule has 2 rings (SSSR count). The van der Waals surface area contributed by atoms with Gasteiger partial charge in [-0.05, 0) is 30.7 Å². The molecule has 20 heavy (non-hydrogen) atoms. The Labute approximate surface area is 114 Å². The van der Waals surface area contributed by atoms with E-state index in [0.717, 1.165) is 11.6 Å². The lowest BCUT2D eigenvalue weighted by Gasteiger charge is -2.09. The Morgan fingerprint density at radius 3 is 2.75 bits per heavy atom. The van der Waals surface area contributed by atoms with Crippen LogP contribution in [0.2, 0.25) is 0 Å². The van der Waals surface area contributed by atoms with Crippen molar-refractivity contribution in [1.29, 1.82) is 0 Å². The number of nitro benzene ring substituents is 1. The molecule has 6 heteroatoms. The highest BCUT2D eigenvalue weighted by molar-refractivity contribution is 5.46. The molecule has 104 valence electrons. The summed E-state index contributed by atoms with van der Waals surface area (Å²) in [7, 11) is 0. The second-order valence-corrected chi connectivity index (χ2v) is 4.28. The van der Waals surface area contributed by atoms with E-state index in [1.165, 1.54) is 13.0 Å². The number of nitrogens with zero attached hydrogens (tertiary/aromatic N) is 1. The van der Waals surface area contributed by atoms with Crippen LogP contribution in [0.5, 0.6) is 11.5 Å². The summed E-state index contributed by atoms with van der Waals surface area (Å²) in [6.45, 7) is 1.87. The molecule has 0 amide bonds. The van der Waals surface area contributed by atoms with Gasteiger partial charge >= 0.3 is 0 Å². The van der Waals surface area contributed by atoms with Crippen molar-refractivity contribution in [2.45, 2.75) is 13.5 Å². The standard InChI is InChI=1S/C14H13FN2O3/c1-9-5-14(12(15)7-13(9)17(18)19)20-11-4-2-3-10(6-11)8-16/h2-7H,8,16H2,1H3. The Balaban J connectivity index is 2.34. The maximum atomic E-state index is 13.8. The Morgan fingerprint density at radius 1 is 1.35 bits per heavy atom. The number of rotatable bonds is 4. The van der Waals surface area contributed by atoms with Gasteiger partial charge in [0, 0.05) is 12.1 Å². The van der Waals surface area contributed by atoms with Gasteiger partial charge in [-0.2, -0.15) is 0 Å². The molecule has 0 saturated heterocycles. The maximum absolute atomic E-state index is 13.8. The number of ether oxygens (including phenoxy) is 1. The fraction of sp³-hybridized carbons (Fsp3) is 0.143. The van der Waals surface area contributed by atoms with E-state index in [1.54, 1.807) is 18.2 Å². The van der Waals surface area contributed by atoms with E-state index < -0.39 is 10.7 Å². The molecule has 0 atom stereocenters. The van der Waals surface area contributed by atoms with Crippen LogP contribution in [0.1, 0.15) is 11.1 Å². The van der Waals surface area contributed by atoms with Crippen LogP contribution >= 0.6 is 0 Å². The molecule has 0 radical (unpaired) electrons. The molecule has 5 nitrogen and oxygen atoms in total. The van der Waals surface area contributed by atoms with Gasteiger partial charge in [0.25, 0.3) is 5.69 Å². The number of halogens is 1. The maximum Gasteiger partial charge on any atom is 0.275 e. The third-order valence-corrected chi connectivity index (χ3v) is 2.81. The minimum Gasteiger partial charge on any atom is -0.454 e. The van der Waals surface area contributed by atoms with Crippen molar-refractivity contribution in [1.82, 2.24) is 0 Å². The third kappa shape index (κ3) is 2.92. The molecule has 0 aliphatic heterocycles. The van der Waals surface area contributed by atoms with E-state index in [-0.39, 0.29) is 11.4 Å². The zero-order chi connectivity index (χ0) is 14.7. The molecule has 0 spiro atoms. The van der Waals surface area contributed by atoms with Crippen LogP contribution in [0, 0.1) is 22.9 Å². The molecule has 0 heterocycles. The number of hydrogen-bond donors (Lipinski definition) is 1. The van der Waals surface area contributed by atoms with Crippen LogP contribution in [0.3, 0.4) is 0 Å². The average Bonchev–Trinajstić information content (AvgIpc) is 2.42. The lowest BCUT2D eigenvalue weighted by Crippen LogP contribution is -1.98. The summed E-state index contributed by atoms with van der Waals surface area (Å²) in [6.07, 6.45) is 0. The second-order valence-electron chi connectivity index (χ2n) is 4.28. The van der Waals surface area contributed by atoms with Crippen molar-refractivity contribution in [3.8, 4) is 11.5 Å². The summed E-state index contributed by atoms with van der Waals surface area (Å²) in [5.74, 6) is -0.400. The van der Waals surface area contributed by atoms with Crippen LogP contribution in [-0.2, 0) is 6.54 Å². The van der Waals surface area contributed by atoms with Gasteiger partial charge in [0.1, 0.15) is 5.75 Å². The van der Waals surface area contributed by atoms with Gasteiger partial charge in [-0.15, -0.1) is 0 Å². The summed E-state index contributed by atoms with van der Waals surface area (Å²) in [4.78, 5) is 10.1. The number of hydrogen-bond acceptors (Lipinski definition) is 4. The van der Waals surface area contributed by atoms with Crippen molar-refractivity contribution in [3.63, 3.8) is 0 Å². The molecule has 0 saturated carbocycles. The Bertz CT molecular complexity index is 659. The van der Waals surface area contributed by atoms with Crippen molar-refractivity contribution in [3.05, 3.63) is 63.5 Å². The first kappa shape index (κ1) is 14.0. The number of benzene rings is 2. The van der Waals surface area contributed by atoms with Crippen molar-refractivity contribution >= 4 is 5.69 Å². The molecular formula is C14H13FN2O3. The van der Waals surface area contributed by atoms with Crippen molar-refractivity contribution < 1.29 is 14.1 Å².